The third-order valence-corrected chi connectivity index (χ3v) is 5.75. The van der Waals surface area contributed by atoms with E-state index >= 15 is 0 Å². The highest BCUT2D eigenvalue weighted by molar-refractivity contribution is 5.78. The Balaban J connectivity index is 1.46. The molecule has 0 radical (unpaired) electrons. The van der Waals surface area contributed by atoms with Gasteiger partial charge >= 0.3 is 0 Å². The van der Waals surface area contributed by atoms with Gasteiger partial charge in [-0.3, -0.25) is 9.59 Å². The zero-order valence-corrected chi connectivity index (χ0v) is 18.5. The molecule has 1 saturated heterocycles. The van der Waals surface area contributed by atoms with Crippen LogP contribution >= 0.6 is 0 Å². The monoisotopic (exact) mass is 424 g/mol. The van der Waals surface area contributed by atoms with Crippen LogP contribution in [-0.4, -0.2) is 62.0 Å². The number of rotatable bonds is 8. The van der Waals surface area contributed by atoms with Gasteiger partial charge in [0.2, 0.25) is 11.8 Å². The van der Waals surface area contributed by atoms with E-state index in [-0.39, 0.29) is 11.8 Å². The zero-order valence-electron chi connectivity index (χ0n) is 18.5. The normalized spacial score (nSPS) is 14.1. The highest BCUT2D eigenvalue weighted by Crippen LogP contribution is 2.28. The van der Waals surface area contributed by atoms with Gasteiger partial charge < -0.3 is 19.3 Å². The molecule has 166 valence electrons. The van der Waals surface area contributed by atoms with E-state index in [2.05, 4.69) is 12.1 Å². The van der Waals surface area contributed by atoms with Gasteiger partial charge in [-0.15, -0.1) is 0 Å². The Hall–Kier alpha value is -3.02. The zero-order chi connectivity index (χ0) is 22.1. The van der Waals surface area contributed by atoms with Gasteiger partial charge in [-0.25, -0.2) is 0 Å². The summed E-state index contributed by atoms with van der Waals surface area (Å²) >= 11 is 0. The summed E-state index contributed by atoms with van der Waals surface area (Å²) in [5.74, 6) is 1.66. The topological polar surface area (TPSA) is 59.1 Å². The Bertz CT molecular complexity index is 869. The van der Waals surface area contributed by atoms with E-state index in [1.165, 1.54) is 5.56 Å². The molecule has 2 amide bonds. The first kappa shape index (κ1) is 22.7. The molecule has 1 heterocycles. The second kappa shape index (κ2) is 11.4. The molecule has 0 spiro atoms. The van der Waals surface area contributed by atoms with Crippen LogP contribution in [0, 0.1) is 0 Å². The molecule has 0 N–H and O–H groups in total. The Morgan fingerprint density at radius 2 is 1.32 bits per heavy atom. The van der Waals surface area contributed by atoms with Crippen molar-refractivity contribution < 1.29 is 19.1 Å². The average Bonchev–Trinajstić information content (AvgIpc) is 3.08. The van der Waals surface area contributed by atoms with Crippen LogP contribution in [0.2, 0.25) is 0 Å². The van der Waals surface area contributed by atoms with Gasteiger partial charge in [0.25, 0.3) is 0 Å². The van der Waals surface area contributed by atoms with E-state index in [1.54, 1.807) is 14.2 Å². The van der Waals surface area contributed by atoms with Crippen LogP contribution in [-0.2, 0) is 22.4 Å². The summed E-state index contributed by atoms with van der Waals surface area (Å²) in [5, 5.41) is 0. The fourth-order valence-corrected chi connectivity index (χ4v) is 3.92. The Morgan fingerprint density at radius 1 is 0.742 bits per heavy atom. The number of amides is 2. The predicted octanol–water partition coefficient (Wildman–Crippen LogP) is 3.33. The van der Waals surface area contributed by atoms with E-state index in [9.17, 15) is 9.59 Å². The van der Waals surface area contributed by atoms with Crippen LogP contribution in [0.5, 0.6) is 11.5 Å². The first-order chi connectivity index (χ1) is 15.1. The van der Waals surface area contributed by atoms with Crippen LogP contribution in [0.25, 0.3) is 0 Å². The summed E-state index contributed by atoms with van der Waals surface area (Å²) in [6, 6.07) is 15.8. The van der Waals surface area contributed by atoms with E-state index in [0.717, 1.165) is 18.4 Å². The second-order valence-corrected chi connectivity index (χ2v) is 7.79. The van der Waals surface area contributed by atoms with Crippen molar-refractivity contribution in [1.29, 1.82) is 0 Å². The third kappa shape index (κ3) is 6.48. The smallest absolute Gasteiger partial charge is 0.222 e. The van der Waals surface area contributed by atoms with Crippen molar-refractivity contribution in [3.8, 4) is 11.5 Å². The number of hydrogen-bond donors (Lipinski definition) is 0. The maximum atomic E-state index is 12.8. The Kier molecular flexibility index (Phi) is 8.33. The van der Waals surface area contributed by atoms with Gasteiger partial charge in [0.1, 0.15) is 0 Å². The Labute approximate surface area is 184 Å². The first-order valence-electron chi connectivity index (χ1n) is 10.9. The molecule has 0 aliphatic carbocycles. The van der Waals surface area contributed by atoms with E-state index in [4.69, 9.17) is 9.47 Å². The minimum Gasteiger partial charge on any atom is -0.493 e. The summed E-state index contributed by atoms with van der Waals surface area (Å²) in [6.07, 6.45) is 3.17. The van der Waals surface area contributed by atoms with E-state index in [0.29, 0.717) is 56.9 Å². The molecule has 0 aromatic heterocycles. The van der Waals surface area contributed by atoms with Gasteiger partial charge in [0.15, 0.2) is 11.5 Å². The van der Waals surface area contributed by atoms with Gasteiger partial charge in [0, 0.05) is 39.0 Å². The molecule has 2 aromatic rings. The van der Waals surface area contributed by atoms with Gasteiger partial charge in [0.05, 0.1) is 14.2 Å². The summed E-state index contributed by atoms with van der Waals surface area (Å²) in [4.78, 5) is 29.2. The number of methoxy groups -OCH3 is 2. The number of hydrogen-bond acceptors (Lipinski definition) is 4. The first-order valence-corrected chi connectivity index (χ1v) is 10.9. The molecule has 3 rings (SSSR count). The fraction of sp³-hybridized carbons (Fsp3) is 0.440. The molecule has 2 aromatic carbocycles. The second-order valence-electron chi connectivity index (χ2n) is 7.79. The molecule has 0 bridgehead atoms. The molecule has 0 atom stereocenters. The summed E-state index contributed by atoms with van der Waals surface area (Å²) < 4.78 is 10.6. The lowest BCUT2D eigenvalue weighted by molar-refractivity contribution is -0.133. The van der Waals surface area contributed by atoms with Crippen molar-refractivity contribution in [2.75, 3.05) is 40.4 Å². The highest BCUT2D eigenvalue weighted by atomic mass is 16.5. The maximum absolute atomic E-state index is 12.8. The number of nitrogens with zero attached hydrogens (tertiary/aromatic N) is 2. The molecular weight excluding hydrogens is 392 g/mol. The standard InChI is InChI=1S/C25H32N2O4/c1-30-22-12-9-21(19-23(22)31-2)11-14-25(29)27-16-6-15-26(17-18-27)24(28)13-10-20-7-4-3-5-8-20/h3-5,7-9,12,19H,6,10-11,13-18H2,1-2H3. The van der Waals surface area contributed by atoms with Crippen LogP contribution < -0.4 is 9.47 Å². The van der Waals surface area contributed by atoms with E-state index < -0.39 is 0 Å². The average molecular weight is 425 g/mol. The third-order valence-electron chi connectivity index (χ3n) is 5.75. The molecule has 0 unspecified atom stereocenters. The van der Waals surface area contributed by atoms with Crippen molar-refractivity contribution in [3.05, 3.63) is 59.7 Å². The minimum absolute atomic E-state index is 0.133. The fourth-order valence-electron chi connectivity index (χ4n) is 3.92. The predicted molar refractivity (Wildman–Crippen MR) is 120 cm³/mol. The van der Waals surface area contributed by atoms with Crippen molar-refractivity contribution in [2.24, 2.45) is 0 Å². The van der Waals surface area contributed by atoms with Gasteiger partial charge in [-0.2, -0.15) is 0 Å². The van der Waals surface area contributed by atoms with Crippen molar-refractivity contribution >= 4 is 11.8 Å². The van der Waals surface area contributed by atoms with Crippen LogP contribution in [0.4, 0.5) is 0 Å². The van der Waals surface area contributed by atoms with Crippen LogP contribution in [0.1, 0.15) is 30.4 Å². The number of aryl methyl sites for hydroxylation is 2. The largest absolute Gasteiger partial charge is 0.493 e. The number of carbonyl (C=O) groups excluding carboxylic acids is 2. The molecule has 0 saturated carbocycles. The quantitative estimate of drug-likeness (QED) is 0.652. The Morgan fingerprint density at radius 3 is 1.90 bits per heavy atom. The summed E-state index contributed by atoms with van der Waals surface area (Å²) in [7, 11) is 3.22. The summed E-state index contributed by atoms with van der Waals surface area (Å²) in [6.45, 7) is 2.62. The molecule has 31 heavy (non-hydrogen) atoms. The minimum atomic E-state index is 0.133. The van der Waals surface area contributed by atoms with Crippen LogP contribution in [0.3, 0.4) is 0 Å². The molecule has 6 nitrogen and oxygen atoms in total. The van der Waals surface area contributed by atoms with Gasteiger partial charge in [-0.05, 0) is 42.5 Å². The number of ether oxygens (including phenoxy) is 2. The molecule has 1 fully saturated rings. The van der Waals surface area contributed by atoms with Crippen molar-refractivity contribution in [2.45, 2.75) is 32.1 Å². The molecular formula is C25H32N2O4. The van der Waals surface area contributed by atoms with Crippen molar-refractivity contribution in [3.63, 3.8) is 0 Å². The van der Waals surface area contributed by atoms with Gasteiger partial charge in [-0.1, -0.05) is 36.4 Å². The highest BCUT2D eigenvalue weighted by Gasteiger charge is 2.21. The molecule has 1 aliphatic rings. The summed E-state index contributed by atoms with van der Waals surface area (Å²) in [5.41, 5.74) is 2.22. The SMILES string of the molecule is COc1ccc(CCC(=O)N2CCCN(C(=O)CCc3ccccc3)CC2)cc1OC. The number of carbonyl (C=O) groups is 2. The molecule has 1 aliphatic heterocycles. The number of benzene rings is 2. The van der Waals surface area contributed by atoms with Crippen LogP contribution in [0.15, 0.2) is 48.5 Å². The molecule has 6 heteroatoms. The maximum Gasteiger partial charge on any atom is 0.222 e. The lowest BCUT2D eigenvalue weighted by Crippen LogP contribution is -2.37. The van der Waals surface area contributed by atoms with Crippen molar-refractivity contribution in [1.82, 2.24) is 9.80 Å². The lowest BCUT2D eigenvalue weighted by atomic mass is 10.1. The lowest BCUT2D eigenvalue weighted by Gasteiger charge is -2.22. The van der Waals surface area contributed by atoms with E-state index in [1.807, 2.05) is 46.2 Å².